The predicted molar refractivity (Wildman–Crippen MR) is 54.6 cm³/mol. The zero-order chi connectivity index (χ0) is 11.1. The summed E-state index contributed by atoms with van der Waals surface area (Å²) in [5.41, 5.74) is 0.0925. The van der Waals surface area contributed by atoms with Gasteiger partial charge in [-0.2, -0.15) is 0 Å². The van der Waals surface area contributed by atoms with E-state index in [1.54, 1.807) is 7.11 Å². The highest BCUT2D eigenvalue weighted by molar-refractivity contribution is 5.19. The number of rotatable bonds is 6. The van der Waals surface area contributed by atoms with Gasteiger partial charge < -0.3 is 10.1 Å². The van der Waals surface area contributed by atoms with E-state index in [-0.39, 0.29) is 12.1 Å². The highest BCUT2D eigenvalue weighted by atomic mass is 19.1. The van der Waals surface area contributed by atoms with Crippen molar-refractivity contribution < 1.29 is 13.5 Å². The summed E-state index contributed by atoms with van der Waals surface area (Å²) in [6.07, 6.45) is 0.826. The van der Waals surface area contributed by atoms with Gasteiger partial charge in [-0.1, -0.05) is 6.07 Å². The van der Waals surface area contributed by atoms with E-state index in [0.717, 1.165) is 6.42 Å². The van der Waals surface area contributed by atoms with Gasteiger partial charge in [0.25, 0.3) is 0 Å². The van der Waals surface area contributed by atoms with Gasteiger partial charge in [-0.3, -0.25) is 0 Å². The average molecular weight is 215 g/mol. The first-order valence-corrected chi connectivity index (χ1v) is 4.88. The molecule has 0 bridgehead atoms. The molecule has 0 aliphatic carbocycles. The molecule has 1 rings (SSSR count). The fraction of sp³-hybridized carbons (Fsp3) is 0.455. The first kappa shape index (κ1) is 12.1. The molecule has 15 heavy (non-hydrogen) atoms. The van der Waals surface area contributed by atoms with E-state index >= 15 is 0 Å². The van der Waals surface area contributed by atoms with Crippen LogP contribution in [0.4, 0.5) is 8.78 Å². The molecular weight excluding hydrogens is 200 g/mol. The third kappa shape index (κ3) is 3.93. The van der Waals surface area contributed by atoms with Crippen molar-refractivity contribution in [2.45, 2.75) is 13.0 Å². The lowest BCUT2D eigenvalue weighted by atomic mass is 10.2. The molecular formula is C11H15F2NO. The minimum Gasteiger partial charge on any atom is -0.385 e. The summed E-state index contributed by atoms with van der Waals surface area (Å²) in [7, 11) is 1.62. The second-order valence-corrected chi connectivity index (χ2v) is 3.22. The fourth-order valence-corrected chi connectivity index (χ4v) is 1.26. The number of halogens is 2. The van der Waals surface area contributed by atoms with Crippen molar-refractivity contribution in [2.24, 2.45) is 0 Å². The van der Waals surface area contributed by atoms with Gasteiger partial charge in [0.15, 0.2) is 0 Å². The lowest BCUT2D eigenvalue weighted by Gasteiger charge is -2.06. The second-order valence-electron chi connectivity index (χ2n) is 3.22. The van der Waals surface area contributed by atoms with Crippen molar-refractivity contribution in [3.05, 3.63) is 35.4 Å². The van der Waals surface area contributed by atoms with Crippen molar-refractivity contribution in [1.82, 2.24) is 5.32 Å². The molecule has 0 heterocycles. The Morgan fingerprint density at radius 3 is 2.53 bits per heavy atom. The summed E-state index contributed by atoms with van der Waals surface area (Å²) in [5.74, 6) is -1.01. The van der Waals surface area contributed by atoms with E-state index in [4.69, 9.17) is 4.74 Å². The first-order valence-electron chi connectivity index (χ1n) is 4.88. The Labute approximate surface area is 88.3 Å². The summed E-state index contributed by atoms with van der Waals surface area (Å²) in [4.78, 5) is 0. The lowest BCUT2D eigenvalue weighted by molar-refractivity contribution is 0.194. The summed E-state index contributed by atoms with van der Waals surface area (Å²) >= 11 is 0. The van der Waals surface area contributed by atoms with Crippen LogP contribution in [0.2, 0.25) is 0 Å². The molecule has 0 unspecified atom stereocenters. The average Bonchev–Trinajstić information content (AvgIpc) is 2.21. The largest absolute Gasteiger partial charge is 0.385 e. The van der Waals surface area contributed by atoms with Crippen LogP contribution in [-0.4, -0.2) is 20.3 Å². The van der Waals surface area contributed by atoms with Gasteiger partial charge in [-0.25, -0.2) is 8.78 Å². The highest BCUT2D eigenvalue weighted by Gasteiger charge is 2.06. The van der Waals surface area contributed by atoms with Gasteiger partial charge in [0, 0.05) is 25.8 Å². The zero-order valence-electron chi connectivity index (χ0n) is 8.72. The van der Waals surface area contributed by atoms with Gasteiger partial charge in [0.2, 0.25) is 0 Å². The summed E-state index contributed by atoms with van der Waals surface area (Å²) < 4.78 is 31.1. The van der Waals surface area contributed by atoms with E-state index in [0.29, 0.717) is 13.2 Å². The molecule has 0 atom stereocenters. The Morgan fingerprint density at radius 2 is 1.93 bits per heavy atom. The molecule has 0 radical (unpaired) electrons. The van der Waals surface area contributed by atoms with Crippen LogP contribution in [0.15, 0.2) is 18.2 Å². The molecule has 0 aromatic heterocycles. The predicted octanol–water partition coefficient (Wildman–Crippen LogP) is 2.09. The van der Waals surface area contributed by atoms with Crippen molar-refractivity contribution in [3.63, 3.8) is 0 Å². The van der Waals surface area contributed by atoms with Gasteiger partial charge in [-0.05, 0) is 25.1 Å². The smallest absolute Gasteiger partial charge is 0.130 e. The molecule has 0 aliphatic heterocycles. The van der Waals surface area contributed by atoms with E-state index in [1.165, 1.54) is 18.2 Å². The van der Waals surface area contributed by atoms with Crippen LogP contribution >= 0.6 is 0 Å². The Morgan fingerprint density at radius 1 is 1.27 bits per heavy atom. The number of methoxy groups -OCH3 is 1. The van der Waals surface area contributed by atoms with Crippen molar-refractivity contribution in [1.29, 1.82) is 0 Å². The SMILES string of the molecule is COCCCNCc1c(F)cccc1F. The molecule has 0 aliphatic rings. The molecule has 84 valence electrons. The molecule has 0 saturated carbocycles. The highest BCUT2D eigenvalue weighted by Crippen LogP contribution is 2.11. The molecule has 0 spiro atoms. The van der Waals surface area contributed by atoms with Crippen LogP contribution in [0, 0.1) is 11.6 Å². The van der Waals surface area contributed by atoms with Crippen LogP contribution in [0.25, 0.3) is 0 Å². The molecule has 2 nitrogen and oxygen atoms in total. The number of benzene rings is 1. The maximum absolute atomic E-state index is 13.1. The summed E-state index contributed by atoms with van der Waals surface area (Å²) in [6, 6.07) is 3.88. The Hall–Kier alpha value is -1.00. The molecule has 1 N–H and O–H groups in total. The van der Waals surface area contributed by atoms with Crippen LogP contribution in [0.5, 0.6) is 0 Å². The molecule has 4 heteroatoms. The Bertz CT molecular complexity index is 284. The van der Waals surface area contributed by atoms with Crippen LogP contribution < -0.4 is 5.32 Å². The van der Waals surface area contributed by atoms with Crippen molar-refractivity contribution in [3.8, 4) is 0 Å². The van der Waals surface area contributed by atoms with E-state index in [1.807, 2.05) is 0 Å². The van der Waals surface area contributed by atoms with Gasteiger partial charge in [0.1, 0.15) is 11.6 Å². The molecule has 0 fully saturated rings. The molecule has 0 amide bonds. The summed E-state index contributed by atoms with van der Waals surface area (Å²) in [6.45, 7) is 1.54. The van der Waals surface area contributed by atoms with Gasteiger partial charge in [-0.15, -0.1) is 0 Å². The van der Waals surface area contributed by atoms with E-state index in [2.05, 4.69) is 5.32 Å². The molecule has 0 saturated heterocycles. The van der Waals surface area contributed by atoms with E-state index < -0.39 is 11.6 Å². The minimum absolute atomic E-state index is 0.0925. The molecule has 1 aromatic rings. The van der Waals surface area contributed by atoms with Crippen LogP contribution in [0.3, 0.4) is 0 Å². The van der Waals surface area contributed by atoms with Crippen LogP contribution in [0.1, 0.15) is 12.0 Å². The van der Waals surface area contributed by atoms with E-state index in [9.17, 15) is 8.78 Å². The van der Waals surface area contributed by atoms with Crippen LogP contribution in [-0.2, 0) is 11.3 Å². The number of hydrogen-bond acceptors (Lipinski definition) is 2. The fourth-order valence-electron chi connectivity index (χ4n) is 1.26. The third-order valence-corrected chi connectivity index (χ3v) is 2.07. The zero-order valence-corrected chi connectivity index (χ0v) is 8.72. The standard InChI is InChI=1S/C11H15F2NO/c1-15-7-3-6-14-8-9-10(12)4-2-5-11(9)13/h2,4-5,14H,3,6-8H2,1H3. The number of ether oxygens (including phenoxy) is 1. The molecule has 1 aromatic carbocycles. The lowest BCUT2D eigenvalue weighted by Crippen LogP contribution is -2.17. The monoisotopic (exact) mass is 215 g/mol. The quantitative estimate of drug-likeness (QED) is 0.734. The minimum atomic E-state index is -0.505. The second kappa shape index (κ2) is 6.48. The Balaban J connectivity index is 2.37. The maximum atomic E-state index is 13.1. The Kier molecular flexibility index (Phi) is 5.21. The number of nitrogens with one attached hydrogen (secondary N) is 1. The number of hydrogen-bond donors (Lipinski definition) is 1. The topological polar surface area (TPSA) is 21.3 Å². The van der Waals surface area contributed by atoms with Gasteiger partial charge >= 0.3 is 0 Å². The summed E-state index contributed by atoms with van der Waals surface area (Å²) in [5, 5.41) is 2.96. The van der Waals surface area contributed by atoms with Crippen molar-refractivity contribution in [2.75, 3.05) is 20.3 Å². The first-order chi connectivity index (χ1) is 7.25. The third-order valence-electron chi connectivity index (χ3n) is 2.07. The maximum Gasteiger partial charge on any atom is 0.130 e. The van der Waals surface area contributed by atoms with Gasteiger partial charge in [0.05, 0.1) is 0 Å². The van der Waals surface area contributed by atoms with Crippen molar-refractivity contribution >= 4 is 0 Å². The normalized spacial score (nSPS) is 10.6.